The SMILES string of the molecule is COc1ccc(Cl)c(Nc2ncnc3cc(OCCN4CCCC4)cc(N4CCN(C)CC4)c23)c1.Cl.Cl.Cl. The van der Waals surface area contributed by atoms with Gasteiger partial charge in [-0.25, -0.2) is 9.97 Å². The molecule has 3 aromatic rings. The first-order valence-electron chi connectivity index (χ1n) is 12.3. The number of likely N-dealkylation sites (N-methyl/N-ethyl adjacent to an activating group) is 1. The van der Waals surface area contributed by atoms with Crippen LogP contribution in [0.15, 0.2) is 36.7 Å². The van der Waals surface area contributed by atoms with Crippen LogP contribution in [0.2, 0.25) is 5.02 Å². The summed E-state index contributed by atoms with van der Waals surface area (Å²) in [5.74, 6) is 2.28. The molecule has 1 aromatic heterocycles. The summed E-state index contributed by atoms with van der Waals surface area (Å²) in [7, 11) is 3.80. The topological polar surface area (TPSA) is 66.0 Å². The van der Waals surface area contributed by atoms with Crippen LogP contribution in [-0.2, 0) is 0 Å². The summed E-state index contributed by atoms with van der Waals surface area (Å²) in [6.07, 6.45) is 4.15. The number of fused-ring (bicyclic) bond motifs is 1. The van der Waals surface area contributed by atoms with Crippen LogP contribution in [0.1, 0.15) is 12.8 Å². The summed E-state index contributed by atoms with van der Waals surface area (Å²) >= 11 is 6.49. The van der Waals surface area contributed by atoms with Crippen molar-refractivity contribution in [2.45, 2.75) is 12.8 Å². The van der Waals surface area contributed by atoms with Crippen molar-refractivity contribution >= 4 is 76.9 Å². The minimum absolute atomic E-state index is 0. The minimum Gasteiger partial charge on any atom is -0.497 e. The summed E-state index contributed by atoms with van der Waals surface area (Å²) < 4.78 is 11.6. The normalized spacial score (nSPS) is 15.8. The first-order chi connectivity index (χ1) is 17.1. The number of rotatable bonds is 8. The highest BCUT2D eigenvalue weighted by Gasteiger charge is 2.21. The van der Waals surface area contributed by atoms with E-state index in [1.807, 2.05) is 24.3 Å². The standard InChI is InChI=1S/C26H33ClN6O2.3ClH/c1-31-9-11-33(12-10-31)24-17-20(35-14-13-32-7-3-4-8-32)16-23-25(24)26(29-18-28-23)30-22-15-19(34-2)5-6-21(22)27;;;/h5-6,15-18H,3-4,7-14H2,1-2H3,(H,28,29,30);3*1H. The molecular weight excluding hydrogens is 570 g/mol. The summed E-state index contributed by atoms with van der Waals surface area (Å²) in [5, 5.41) is 4.99. The quantitative estimate of drug-likeness (QED) is 0.360. The summed E-state index contributed by atoms with van der Waals surface area (Å²) in [5.41, 5.74) is 2.66. The van der Waals surface area contributed by atoms with Gasteiger partial charge in [-0.3, -0.25) is 4.90 Å². The highest BCUT2D eigenvalue weighted by Crippen LogP contribution is 2.38. The molecule has 0 bridgehead atoms. The minimum atomic E-state index is 0. The number of halogens is 4. The van der Waals surface area contributed by atoms with E-state index in [4.69, 9.17) is 21.1 Å². The van der Waals surface area contributed by atoms with Crippen molar-refractivity contribution in [1.29, 1.82) is 0 Å². The van der Waals surface area contributed by atoms with Gasteiger partial charge >= 0.3 is 0 Å². The largest absolute Gasteiger partial charge is 0.497 e. The Morgan fingerprint density at radius 1 is 0.921 bits per heavy atom. The second-order valence-corrected chi connectivity index (χ2v) is 9.62. The molecule has 0 spiro atoms. The Balaban J connectivity index is 0.00000169. The maximum atomic E-state index is 6.49. The van der Waals surface area contributed by atoms with Crippen molar-refractivity contribution in [1.82, 2.24) is 19.8 Å². The van der Waals surface area contributed by atoms with Crippen LogP contribution in [0, 0.1) is 0 Å². The molecular formula is C26H36Cl4N6O2. The molecule has 1 N–H and O–H groups in total. The number of methoxy groups -OCH3 is 1. The second kappa shape index (κ2) is 15.0. The van der Waals surface area contributed by atoms with E-state index in [2.05, 4.69) is 43.1 Å². The van der Waals surface area contributed by atoms with Crippen LogP contribution in [0.3, 0.4) is 0 Å². The Morgan fingerprint density at radius 3 is 2.37 bits per heavy atom. The Hall–Kier alpha value is -1.94. The van der Waals surface area contributed by atoms with Gasteiger partial charge in [0.15, 0.2) is 0 Å². The summed E-state index contributed by atoms with van der Waals surface area (Å²) in [6, 6.07) is 9.69. The van der Waals surface area contributed by atoms with Crippen LogP contribution in [0.25, 0.3) is 10.9 Å². The first kappa shape index (κ1) is 32.3. The van der Waals surface area contributed by atoms with E-state index in [1.165, 1.54) is 25.9 Å². The molecule has 3 heterocycles. The van der Waals surface area contributed by atoms with Gasteiger partial charge in [0, 0.05) is 50.9 Å². The number of hydrogen-bond acceptors (Lipinski definition) is 8. The molecule has 0 radical (unpaired) electrons. The lowest BCUT2D eigenvalue weighted by Gasteiger charge is -2.35. The summed E-state index contributed by atoms with van der Waals surface area (Å²) in [6.45, 7) is 7.81. The van der Waals surface area contributed by atoms with E-state index in [0.717, 1.165) is 66.5 Å². The van der Waals surface area contributed by atoms with E-state index in [1.54, 1.807) is 13.4 Å². The van der Waals surface area contributed by atoms with Crippen molar-refractivity contribution in [3.63, 3.8) is 0 Å². The lowest BCUT2D eigenvalue weighted by molar-refractivity contribution is 0.238. The van der Waals surface area contributed by atoms with Gasteiger partial charge in [-0.1, -0.05) is 11.6 Å². The molecule has 2 aliphatic heterocycles. The molecule has 8 nitrogen and oxygen atoms in total. The average Bonchev–Trinajstić information content (AvgIpc) is 3.39. The van der Waals surface area contributed by atoms with Crippen LogP contribution in [0.4, 0.5) is 17.2 Å². The number of ether oxygens (including phenoxy) is 2. The molecule has 38 heavy (non-hydrogen) atoms. The lowest BCUT2D eigenvalue weighted by Crippen LogP contribution is -2.44. The maximum absolute atomic E-state index is 6.49. The number of likely N-dealkylation sites (tertiary alicyclic amines) is 1. The number of anilines is 3. The Morgan fingerprint density at radius 2 is 1.66 bits per heavy atom. The highest BCUT2D eigenvalue weighted by molar-refractivity contribution is 6.33. The van der Waals surface area contributed by atoms with E-state index >= 15 is 0 Å². The average molecular weight is 606 g/mol. The highest BCUT2D eigenvalue weighted by atomic mass is 35.5. The lowest BCUT2D eigenvalue weighted by atomic mass is 10.1. The Kier molecular flexibility index (Phi) is 12.7. The van der Waals surface area contributed by atoms with Gasteiger partial charge in [0.2, 0.25) is 0 Å². The molecule has 0 saturated carbocycles. The smallest absolute Gasteiger partial charge is 0.143 e. The van der Waals surface area contributed by atoms with Crippen molar-refractivity contribution < 1.29 is 9.47 Å². The molecule has 12 heteroatoms. The molecule has 0 unspecified atom stereocenters. The molecule has 2 aromatic carbocycles. The molecule has 2 aliphatic rings. The number of benzene rings is 2. The zero-order valence-electron chi connectivity index (χ0n) is 21.7. The summed E-state index contributed by atoms with van der Waals surface area (Å²) in [4.78, 5) is 16.4. The fraction of sp³-hybridized carbons (Fsp3) is 0.462. The van der Waals surface area contributed by atoms with Crippen LogP contribution in [0.5, 0.6) is 11.5 Å². The maximum Gasteiger partial charge on any atom is 0.143 e. The predicted molar refractivity (Wildman–Crippen MR) is 163 cm³/mol. The fourth-order valence-corrected chi connectivity index (χ4v) is 4.94. The molecule has 2 fully saturated rings. The molecule has 0 amide bonds. The van der Waals surface area contributed by atoms with Gasteiger partial charge in [0.1, 0.15) is 30.3 Å². The zero-order valence-corrected chi connectivity index (χ0v) is 24.9. The third-order valence-electron chi connectivity index (χ3n) is 6.84. The number of hydrogen-bond donors (Lipinski definition) is 1. The van der Waals surface area contributed by atoms with Crippen molar-refractivity contribution in [2.24, 2.45) is 0 Å². The van der Waals surface area contributed by atoms with Gasteiger partial charge in [0.25, 0.3) is 0 Å². The van der Waals surface area contributed by atoms with Gasteiger partial charge < -0.3 is 24.6 Å². The third kappa shape index (κ3) is 7.58. The van der Waals surface area contributed by atoms with E-state index in [0.29, 0.717) is 17.4 Å². The van der Waals surface area contributed by atoms with Gasteiger partial charge in [-0.05, 0) is 45.1 Å². The van der Waals surface area contributed by atoms with Crippen molar-refractivity contribution in [2.75, 3.05) is 76.8 Å². The van der Waals surface area contributed by atoms with E-state index in [9.17, 15) is 0 Å². The monoisotopic (exact) mass is 604 g/mol. The van der Waals surface area contributed by atoms with Gasteiger partial charge in [0.05, 0.1) is 34.4 Å². The molecule has 0 atom stereocenters. The molecule has 210 valence electrons. The third-order valence-corrected chi connectivity index (χ3v) is 7.17. The van der Waals surface area contributed by atoms with Gasteiger partial charge in [-0.15, -0.1) is 37.2 Å². The number of nitrogens with zero attached hydrogens (tertiary/aromatic N) is 5. The van der Waals surface area contributed by atoms with Crippen LogP contribution in [-0.4, -0.2) is 86.3 Å². The zero-order chi connectivity index (χ0) is 24.2. The molecule has 2 saturated heterocycles. The second-order valence-electron chi connectivity index (χ2n) is 9.22. The first-order valence-corrected chi connectivity index (χ1v) is 12.7. The number of aromatic nitrogens is 2. The number of piperazine rings is 1. The van der Waals surface area contributed by atoms with Gasteiger partial charge in [-0.2, -0.15) is 0 Å². The number of nitrogens with one attached hydrogen (secondary N) is 1. The Labute approximate surface area is 248 Å². The molecule has 5 rings (SSSR count). The van der Waals surface area contributed by atoms with E-state index in [-0.39, 0.29) is 37.2 Å². The predicted octanol–water partition coefficient (Wildman–Crippen LogP) is 5.53. The Bertz CT molecular complexity index is 1170. The molecule has 0 aliphatic carbocycles. The van der Waals surface area contributed by atoms with Crippen LogP contribution >= 0.6 is 48.8 Å². The van der Waals surface area contributed by atoms with Crippen LogP contribution < -0.4 is 19.7 Å². The fourth-order valence-electron chi connectivity index (χ4n) is 4.77. The van der Waals surface area contributed by atoms with Crippen molar-refractivity contribution in [3.05, 3.63) is 41.7 Å². The van der Waals surface area contributed by atoms with Crippen molar-refractivity contribution in [3.8, 4) is 11.5 Å². The van der Waals surface area contributed by atoms with E-state index < -0.39 is 0 Å².